The molecule has 2 aliphatic heterocycles. The SMILES string of the molecule is CC(C)C(NC(=O)CN1C(=O)NC(C)(c2ccc([N+](=O)[O-])cc2)C1=O)c1ccc2c(c1)OCCCO2. The number of carbonyl (C=O) groups excluding carboxylic acids is 3. The van der Waals surface area contributed by atoms with E-state index in [1.54, 1.807) is 0 Å². The Morgan fingerprint density at radius 2 is 1.81 bits per heavy atom. The highest BCUT2D eigenvalue weighted by molar-refractivity contribution is 6.09. The van der Waals surface area contributed by atoms with Gasteiger partial charge in [-0.15, -0.1) is 0 Å². The second-order valence-corrected chi connectivity index (χ2v) is 9.30. The molecule has 4 rings (SSSR count). The zero-order chi connectivity index (χ0) is 26.0. The maximum Gasteiger partial charge on any atom is 0.325 e. The minimum absolute atomic E-state index is 0.00665. The van der Waals surface area contributed by atoms with E-state index in [0.717, 1.165) is 16.9 Å². The summed E-state index contributed by atoms with van der Waals surface area (Å²) in [5, 5.41) is 16.5. The van der Waals surface area contributed by atoms with Crippen molar-refractivity contribution in [3.63, 3.8) is 0 Å². The molecule has 1 saturated heterocycles. The summed E-state index contributed by atoms with van der Waals surface area (Å²) in [5.74, 6) is 0.144. The minimum atomic E-state index is -1.45. The number of amides is 4. The van der Waals surface area contributed by atoms with Crippen molar-refractivity contribution < 1.29 is 28.8 Å². The molecule has 2 aromatic rings. The fraction of sp³-hybridized carbons (Fsp3) is 0.400. The Morgan fingerprint density at radius 1 is 1.14 bits per heavy atom. The number of benzene rings is 2. The molecule has 4 amide bonds. The van der Waals surface area contributed by atoms with Gasteiger partial charge in [0.05, 0.1) is 24.2 Å². The third kappa shape index (κ3) is 4.81. The Balaban J connectivity index is 1.48. The first-order valence-electron chi connectivity index (χ1n) is 11.7. The number of nitrogens with one attached hydrogen (secondary N) is 2. The van der Waals surface area contributed by atoms with Crippen molar-refractivity contribution in [2.24, 2.45) is 5.92 Å². The molecule has 2 unspecified atom stereocenters. The first-order chi connectivity index (χ1) is 17.1. The quantitative estimate of drug-likeness (QED) is 0.341. The van der Waals surface area contributed by atoms with Gasteiger partial charge in [0.1, 0.15) is 12.1 Å². The number of nitro benzene ring substituents is 1. The van der Waals surface area contributed by atoms with Crippen LogP contribution in [0.2, 0.25) is 0 Å². The number of hydrogen-bond acceptors (Lipinski definition) is 7. The van der Waals surface area contributed by atoms with Gasteiger partial charge in [0.15, 0.2) is 11.5 Å². The van der Waals surface area contributed by atoms with Crippen LogP contribution in [0.1, 0.15) is 44.4 Å². The monoisotopic (exact) mass is 496 g/mol. The van der Waals surface area contributed by atoms with Gasteiger partial charge in [-0.3, -0.25) is 24.6 Å². The largest absolute Gasteiger partial charge is 0.490 e. The highest BCUT2D eigenvalue weighted by atomic mass is 16.6. The van der Waals surface area contributed by atoms with Gasteiger partial charge < -0.3 is 20.1 Å². The lowest BCUT2D eigenvalue weighted by atomic mass is 9.92. The highest BCUT2D eigenvalue weighted by Crippen LogP contribution is 2.34. The summed E-state index contributed by atoms with van der Waals surface area (Å²) in [6.45, 7) is 6.04. The molecule has 2 heterocycles. The number of hydrogen-bond donors (Lipinski definition) is 2. The topological polar surface area (TPSA) is 140 Å². The van der Waals surface area contributed by atoms with Gasteiger partial charge in [-0.1, -0.05) is 19.9 Å². The van der Waals surface area contributed by atoms with Crippen LogP contribution >= 0.6 is 0 Å². The fourth-order valence-corrected chi connectivity index (χ4v) is 4.32. The van der Waals surface area contributed by atoms with Crippen molar-refractivity contribution in [2.75, 3.05) is 19.8 Å². The first kappa shape index (κ1) is 25.0. The molecule has 11 nitrogen and oxygen atoms in total. The average molecular weight is 497 g/mol. The number of rotatable bonds is 7. The third-order valence-corrected chi connectivity index (χ3v) is 6.35. The number of imide groups is 1. The maximum absolute atomic E-state index is 13.2. The Kier molecular flexibility index (Phi) is 6.82. The summed E-state index contributed by atoms with van der Waals surface area (Å²) in [6, 6.07) is 9.75. The minimum Gasteiger partial charge on any atom is -0.490 e. The van der Waals surface area contributed by atoms with Crippen LogP contribution in [-0.2, 0) is 15.1 Å². The molecule has 0 aliphatic carbocycles. The van der Waals surface area contributed by atoms with E-state index in [0.29, 0.717) is 30.3 Å². The normalized spacial score (nSPS) is 20.1. The number of fused-ring (bicyclic) bond motifs is 1. The van der Waals surface area contributed by atoms with E-state index in [-0.39, 0.29) is 11.6 Å². The van der Waals surface area contributed by atoms with E-state index in [1.807, 2.05) is 32.0 Å². The number of nitro groups is 1. The van der Waals surface area contributed by atoms with E-state index >= 15 is 0 Å². The summed E-state index contributed by atoms with van der Waals surface area (Å²) in [4.78, 5) is 50.0. The number of non-ortho nitro benzene ring substituents is 1. The molecule has 2 aliphatic rings. The molecule has 36 heavy (non-hydrogen) atoms. The van der Waals surface area contributed by atoms with E-state index in [2.05, 4.69) is 10.6 Å². The molecule has 0 radical (unpaired) electrons. The third-order valence-electron chi connectivity index (χ3n) is 6.35. The van der Waals surface area contributed by atoms with Crippen molar-refractivity contribution in [3.05, 3.63) is 63.7 Å². The molecule has 0 spiro atoms. The van der Waals surface area contributed by atoms with Crippen LogP contribution in [0.5, 0.6) is 11.5 Å². The van der Waals surface area contributed by atoms with Gasteiger partial charge in [-0.2, -0.15) is 0 Å². The zero-order valence-corrected chi connectivity index (χ0v) is 20.3. The summed E-state index contributed by atoms with van der Waals surface area (Å²) < 4.78 is 11.4. The first-order valence-corrected chi connectivity index (χ1v) is 11.7. The number of nitrogens with zero attached hydrogens (tertiary/aromatic N) is 2. The van der Waals surface area contributed by atoms with Crippen LogP contribution in [0.4, 0.5) is 10.5 Å². The summed E-state index contributed by atoms with van der Waals surface area (Å²) in [5.41, 5.74) is -0.389. The van der Waals surface area contributed by atoms with Crippen molar-refractivity contribution in [1.29, 1.82) is 0 Å². The molecule has 190 valence electrons. The molecule has 2 N–H and O–H groups in total. The number of urea groups is 1. The molecular weight excluding hydrogens is 468 g/mol. The van der Waals surface area contributed by atoms with Crippen molar-refractivity contribution in [1.82, 2.24) is 15.5 Å². The maximum atomic E-state index is 13.2. The van der Waals surface area contributed by atoms with Crippen LogP contribution in [-0.4, -0.2) is 47.4 Å². The van der Waals surface area contributed by atoms with Gasteiger partial charge >= 0.3 is 6.03 Å². The number of carbonyl (C=O) groups is 3. The Morgan fingerprint density at radius 3 is 2.44 bits per heavy atom. The Labute approximate surface area is 207 Å². The van der Waals surface area contributed by atoms with Crippen LogP contribution in [0.15, 0.2) is 42.5 Å². The summed E-state index contributed by atoms with van der Waals surface area (Å²) in [7, 11) is 0. The van der Waals surface area contributed by atoms with E-state index in [9.17, 15) is 24.5 Å². The average Bonchev–Trinajstić information content (AvgIpc) is 3.00. The van der Waals surface area contributed by atoms with Crippen LogP contribution in [0.25, 0.3) is 0 Å². The summed E-state index contributed by atoms with van der Waals surface area (Å²) in [6.07, 6.45) is 0.777. The van der Waals surface area contributed by atoms with Crippen molar-refractivity contribution in [3.8, 4) is 11.5 Å². The molecule has 11 heteroatoms. The second kappa shape index (κ2) is 9.84. The molecule has 0 saturated carbocycles. The van der Waals surface area contributed by atoms with Crippen LogP contribution < -0.4 is 20.1 Å². The number of ether oxygens (including phenoxy) is 2. The molecule has 0 bridgehead atoms. The Hall–Kier alpha value is -4.15. The van der Waals surface area contributed by atoms with Gasteiger partial charge in [0.2, 0.25) is 5.91 Å². The molecular formula is C25H28N4O7. The zero-order valence-electron chi connectivity index (χ0n) is 20.3. The lowest BCUT2D eigenvalue weighted by molar-refractivity contribution is -0.384. The van der Waals surface area contributed by atoms with Crippen LogP contribution in [0.3, 0.4) is 0 Å². The van der Waals surface area contributed by atoms with Gasteiger partial charge in [0.25, 0.3) is 11.6 Å². The standard InChI is InChI=1S/C25H28N4O7/c1-15(2)22(16-5-10-19-20(13-16)36-12-4-11-35-19)26-21(30)14-28-23(31)25(3,27-24(28)32)17-6-8-18(9-7-17)29(33)34/h5-10,13,15,22H,4,11-12,14H2,1-3H3,(H,26,30)(H,27,32). The fourth-order valence-electron chi connectivity index (χ4n) is 4.32. The van der Waals surface area contributed by atoms with Gasteiger partial charge in [-0.25, -0.2) is 4.79 Å². The predicted molar refractivity (Wildman–Crippen MR) is 128 cm³/mol. The lowest BCUT2D eigenvalue weighted by Gasteiger charge is -2.25. The van der Waals surface area contributed by atoms with Gasteiger partial charge in [0, 0.05) is 18.6 Å². The van der Waals surface area contributed by atoms with E-state index in [1.165, 1.54) is 31.2 Å². The van der Waals surface area contributed by atoms with Crippen LogP contribution in [0, 0.1) is 16.0 Å². The van der Waals surface area contributed by atoms with Gasteiger partial charge in [-0.05, 0) is 48.2 Å². The lowest BCUT2D eigenvalue weighted by Crippen LogP contribution is -2.44. The summed E-state index contributed by atoms with van der Waals surface area (Å²) >= 11 is 0. The second-order valence-electron chi connectivity index (χ2n) is 9.30. The molecule has 2 atom stereocenters. The smallest absolute Gasteiger partial charge is 0.325 e. The van der Waals surface area contributed by atoms with Crippen molar-refractivity contribution in [2.45, 2.75) is 38.8 Å². The predicted octanol–water partition coefficient (Wildman–Crippen LogP) is 3.04. The Bertz CT molecular complexity index is 1200. The van der Waals surface area contributed by atoms with E-state index < -0.39 is 40.9 Å². The van der Waals surface area contributed by atoms with E-state index in [4.69, 9.17) is 9.47 Å². The van der Waals surface area contributed by atoms with Crippen molar-refractivity contribution >= 4 is 23.5 Å². The molecule has 2 aromatic carbocycles. The highest BCUT2D eigenvalue weighted by Gasteiger charge is 2.49. The molecule has 0 aromatic heterocycles. The molecule has 1 fully saturated rings.